The third kappa shape index (κ3) is 4.26. The minimum absolute atomic E-state index is 0.473. The Bertz CT molecular complexity index is 211. The summed E-state index contributed by atoms with van der Waals surface area (Å²) in [6.45, 7) is 3.66. The molecule has 0 aliphatic heterocycles. The molecule has 0 saturated heterocycles. The Kier molecular flexibility index (Phi) is 4.87. The molecule has 0 aromatic heterocycles. The van der Waals surface area contributed by atoms with Crippen LogP contribution >= 0.6 is 0 Å². The van der Waals surface area contributed by atoms with Crippen molar-refractivity contribution in [2.45, 2.75) is 83.2 Å². The summed E-state index contributed by atoms with van der Waals surface area (Å²) in [5, 5.41) is 3.85. The van der Waals surface area contributed by atoms with Gasteiger partial charge < -0.3 is 11.1 Å². The van der Waals surface area contributed by atoms with Crippen LogP contribution in [0.1, 0.15) is 71.1 Å². The second kappa shape index (κ2) is 6.19. The van der Waals surface area contributed by atoms with E-state index < -0.39 is 0 Å². The zero-order valence-electron chi connectivity index (χ0n) is 11.5. The second-order valence-corrected chi connectivity index (χ2v) is 6.72. The predicted octanol–water partition coefficient (Wildman–Crippen LogP) is 3.21. The fourth-order valence-electron chi connectivity index (χ4n) is 3.39. The van der Waals surface area contributed by atoms with Crippen LogP contribution in [-0.2, 0) is 0 Å². The van der Waals surface area contributed by atoms with E-state index in [0.29, 0.717) is 11.5 Å². The maximum Gasteiger partial charge on any atom is 0.00672 e. The maximum absolute atomic E-state index is 6.00. The highest BCUT2D eigenvalue weighted by Crippen LogP contribution is 2.35. The van der Waals surface area contributed by atoms with Crippen LogP contribution in [0.5, 0.6) is 0 Å². The molecule has 2 saturated carbocycles. The number of rotatable bonds is 3. The highest BCUT2D eigenvalue weighted by atomic mass is 14.9. The standard InChI is InChI=1S/C15H30N2/c1-15(10-8-13(16)9-11-15)12-17-14-6-4-2-3-5-7-14/h13-14,17H,2-12,16H2,1H3. The molecule has 0 atom stereocenters. The highest BCUT2D eigenvalue weighted by Gasteiger charge is 2.30. The van der Waals surface area contributed by atoms with E-state index in [0.717, 1.165) is 6.04 Å². The van der Waals surface area contributed by atoms with Gasteiger partial charge in [0.05, 0.1) is 0 Å². The molecule has 2 aliphatic carbocycles. The summed E-state index contributed by atoms with van der Waals surface area (Å²) in [5.41, 5.74) is 6.51. The van der Waals surface area contributed by atoms with Crippen molar-refractivity contribution in [2.24, 2.45) is 11.1 Å². The predicted molar refractivity (Wildman–Crippen MR) is 74.0 cm³/mol. The van der Waals surface area contributed by atoms with E-state index in [4.69, 9.17) is 5.73 Å². The van der Waals surface area contributed by atoms with Gasteiger partial charge in [0.25, 0.3) is 0 Å². The SMILES string of the molecule is CC1(CNC2CCCCCC2)CCC(N)CC1. The van der Waals surface area contributed by atoms with Gasteiger partial charge in [-0.05, 0) is 43.9 Å². The Labute approximate surface area is 107 Å². The zero-order chi connectivity index (χ0) is 12.1. The van der Waals surface area contributed by atoms with Gasteiger partial charge in [-0.25, -0.2) is 0 Å². The van der Waals surface area contributed by atoms with Crippen LogP contribution in [0.3, 0.4) is 0 Å². The summed E-state index contributed by atoms with van der Waals surface area (Å²) >= 11 is 0. The molecule has 100 valence electrons. The molecule has 2 heteroatoms. The van der Waals surface area contributed by atoms with E-state index in [9.17, 15) is 0 Å². The highest BCUT2D eigenvalue weighted by molar-refractivity contribution is 4.86. The third-order valence-corrected chi connectivity index (χ3v) is 4.91. The first kappa shape index (κ1) is 13.4. The molecule has 0 unspecified atom stereocenters. The molecule has 0 amide bonds. The Morgan fingerprint density at radius 3 is 2.18 bits per heavy atom. The van der Waals surface area contributed by atoms with Crippen molar-refractivity contribution in [2.75, 3.05) is 6.54 Å². The van der Waals surface area contributed by atoms with Crippen molar-refractivity contribution in [3.63, 3.8) is 0 Å². The van der Waals surface area contributed by atoms with Gasteiger partial charge in [0.2, 0.25) is 0 Å². The number of hydrogen-bond acceptors (Lipinski definition) is 2. The van der Waals surface area contributed by atoms with Crippen molar-refractivity contribution < 1.29 is 0 Å². The lowest BCUT2D eigenvalue weighted by Crippen LogP contribution is -2.42. The first-order valence-electron chi connectivity index (χ1n) is 7.67. The van der Waals surface area contributed by atoms with E-state index in [1.165, 1.54) is 70.8 Å². The number of nitrogens with two attached hydrogens (primary N) is 1. The lowest BCUT2D eigenvalue weighted by molar-refractivity contribution is 0.184. The smallest absolute Gasteiger partial charge is 0.00672 e. The van der Waals surface area contributed by atoms with Crippen molar-refractivity contribution in [3.05, 3.63) is 0 Å². The van der Waals surface area contributed by atoms with E-state index in [1.54, 1.807) is 0 Å². The molecule has 2 rings (SSSR count). The molecule has 0 radical (unpaired) electrons. The van der Waals surface area contributed by atoms with Crippen molar-refractivity contribution in [3.8, 4) is 0 Å². The van der Waals surface area contributed by atoms with Gasteiger partial charge in [0, 0.05) is 18.6 Å². The van der Waals surface area contributed by atoms with Gasteiger partial charge in [-0.1, -0.05) is 32.6 Å². The molecule has 2 aliphatic rings. The van der Waals surface area contributed by atoms with Crippen LogP contribution in [0, 0.1) is 5.41 Å². The minimum atomic E-state index is 0.473. The quantitative estimate of drug-likeness (QED) is 0.741. The van der Waals surface area contributed by atoms with E-state index in [-0.39, 0.29) is 0 Å². The van der Waals surface area contributed by atoms with E-state index in [1.807, 2.05) is 0 Å². The second-order valence-electron chi connectivity index (χ2n) is 6.72. The Morgan fingerprint density at radius 1 is 1.00 bits per heavy atom. The largest absolute Gasteiger partial charge is 0.328 e. The summed E-state index contributed by atoms with van der Waals surface area (Å²) in [5.74, 6) is 0. The average Bonchev–Trinajstić information content (AvgIpc) is 2.60. The Hall–Kier alpha value is -0.0800. The van der Waals surface area contributed by atoms with Gasteiger partial charge in [-0.3, -0.25) is 0 Å². The lowest BCUT2D eigenvalue weighted by Gasteiger charge is -2.37. The normalized spacial score (nSPS) is 36.7. The Morgan fingerprint density at radius 2 is 1.59 bits per heavy atom. The van der Waals surface area contributed by atoms with Crippen LogP contribution in [0.4, 0.5) is 0 Å². The van der Waals surface area contributed by atoms with Crippen molar-refractivity contribution in [1.29, 1.82) is 0 Å². The molecule has 0 aromatic rings. The molecule has 17 heavy (non-hydrogen) atoms. The molecule has 3 N–H and O–H groups in total. The molecule has 0 aromatic carbocycles. The van der Waals surface area contributed by atoms with Gasteiger partial charge in [-0.15, -0.1) is 0 Å². The van der Waals surface area contributed by atoms with Crippen LogP contribution in [0.2, 0.25) is 0 Å². The summed E-state index contributed by atoms with van der Waals surface area (Å²) in [4.78, 5) is 0. The van der Waals surface area contributed by atoms with Crippen LogP contribution in [-0.4, -0.2) is 18.6 Å². The van der Waals surface area contributed by atoms with Crippen LogP contribution in [0.15, 0.2) is 0 Å². The maximum atomic E-state index is 6.00. The van der Waals surface area contributed by atoms with Crippen LogP contribution in [0.25, 0.3) is 0 Å². The molecule has 0 bridgehead atoms. The minimum Gasteiger partial charge on any atom is -0.328 e. The number of nitrogens with one attached hydrogen (secondary N) is 1. The summed E-state index contributed by atoms with van der Waals surface area (Å²) < 4.78 is 0. The van der Waals surface area contributed by atoms with Gasteiger partial charge in [0.1, 0.15) is 0 Å². The number of hydrogen-bond donors (Lipinski definition) is 2. The summed E-state index contributed by atoms with van der Waals surface area (Å²) in [6, 6.07) is 1.27. The molecular weight excluding hydrogens is 208 g/mol. The summed E-state index contributed by atoms with van der Waals surface area (Å²) in [7, 11) is 0. The van der Waals surface area contributed by atoms with Crippen molar-refractivity contribution in [1.82, 2.24) is 5.32 Å². The molecule has 2 nitrogen and oxygen atoms in total. The van der Waals surface area contributed by atoms with Gasteiger partial charge in [-0.2, -0.15) is 0 Å². The molecule has 2 fully saturated rings. The van der Waals surface area contributed by atoms with Crippen LogP contribution < -0.4 is 11.1 Å². The fraction of sp³-hybridized carbons (Fsp3) is 1.00. The van der Waals surface area contributed by atoms with Gasteiger partial charge in [0.15, 0.2) is 0 Å². The first-order valence-corrected chi connectivity index (χ1v) is 7.67. The molecular formula is C15H30N2. The average molecular weight is 238 g/mol. The lowest BCUT2D eigenvalue weighted by atomic mass is 9.74. The van der Waals surface area contributed by atoms with Gasteiger partial charge >= 0.3 is 0 Å². The zero-order valence-corrected chi connectivity index (χ0v) is 11.5. The molecule has 0 spiro atoms. The monoisotopic (exact) mass is 238 g/mol. The van der Waals surface area contributed by atoms with E-state index in [2.05, 4.69) is 12.2 Å². The topological polar surface area (TPSA) is 38.0 Å². The fourth-order valence-corrected chi connectivity index (χ4v) is 3.39. The molecule has 0 heterocycles. The first-order chi connectivity index (χ1) is 8.18. The third-order valence-electron chi connectivity index (χ3n) is 4.91. The Balaban J connectivity index is 1.72. The summed E-state index contributed by atoms with van der Waals surface area (Å²) in [6.07, 6.45) is 13.6. The van der Waals surface area contributed by atoms with Crippen molar-refractivity contribution >= 4 is 0 Å². The van der Waals surface area contributed by atoms with E-state index >= 15 is 0 Å².